The Balaban J connectivity index is 1.52. The van der Waals surface area contributed by atoms with Crippen molar-refractivity contribution in [3.8, 4) is 11.5 Å². The third kappa shape index (κ3) is 6.07. The first-order chi connectivity index (χ1) is 19.6. The zero-order valence-corrected chi connectivity index (χ0v) is 22.7. The maximum atomic E-state index is 14.1. The lowest BCUT2D eigenvalue weighted by Crippen LogP contribution is -2.46. The van der Waals surface area contributed by atoms with Crippen LogP contribution in [0.25, 0.3) is 11.0 Å². The second-order valence-electron chi connectivity index (χ2n) is 9.63. The van der Waals surface area contributed by atoms with E-state index >= 15 is 0 Å². The first-order valence-corrected chi connectivity index (χ1v) is 13.3. The summed E-state index contributed by atoms with van der Waals surface area (Å²) in [5.74, 6) is 0.681. The molecule has 0 aliphatic carbocycles. The number of hydrogen-bond acceptors (Lipinski definition) is 7. The topological polar surface area (TPSA) is 108 Å². The third-order valence-electron chi connectivity index (χ3n) is 7.08. The van der Waals surface area contributed by atoms with Crippen LogP contribution in [0.3, 0.4) is 0 Å². The largest absolute Gasteiger partial charge is 0.497 e. The molecule has 1 saturated heterocycles. The summed E-state index contributed by atoms with van der Waals surface area (Å²) in [7, 11) is 3.17. The quantitative estimate of drug-likeness (QED) is 0.308. The fourth-order valence-corrected chi connectivity index (χ4v) is 4.97. The molecular weight excluding hydrogens is 510 g/mol. The number of rotatable bonds is 11. The number of ether oxygens (including phenoxy) is 3. The minimum atomic E-state index is -0.931. The molecule has 3 aromatic carbocycles. The van der Waals surface area contributed by atoms with Gasteiger partial charge in [-0.1, -0.05) is 47.7 Å². The van der Waals surface area contributed by atoms with Crippen molar-refractivity contribution in [2.45, 2.75) is 38.1 Å². The molecule has 0 radical (unpaired) electrons. The molecule has 1 aliphatic heterocycles. The number of fused-ring (bicyclic) bond motifs is 1. The molecular formula is C30H33N5O5. The fraction of sp³-hybridized carbons (Fsp3) is 0.333. The predicted octanol–water partition coefficient (Wildman–Crippen LogP) is 3.51. The number of para-hydroxylation sites is 2. The highest BCUT2D eigenvalue weighted by Gasteiger charge is 2.33. The van der Waals surface area contributed by atoms with Gasteiger partial charge in [-0.3, -0.25) is 9.59 Å². The van der Waals surface area contributed by atoms with E-state index in [2.05, 4.69) is 15.6 Å². The molecule has 10 nitrogen and oxygen atoms in total. The van der Waals surface area contributed by atoms with Crippen LogP contribution in [-0.2, 0) is 27.4 Å². The standard InChI is InChI=1S/C30H33N5O5/c1-38-23-15-13-21(14-16-23)29(30(37)31-18-24-9-7-17-40-24)34(19-22-8-3-6-12-27(22)39-2)28(36)20-35-26-11-5-4-10-25(26)32-33-35/h3-6,8,10-16,24,29H,7,9,17-20H2,1-2H3,(H,31,37)/t24-,29+/m1/s1. The molecule has 1 aliphatic rings. The number of nitrogens with zero attached hydrogens (tertiary/aromatic N) is 4. The zero-order valence-electron chi connectivity index (χ0n) is 22.7. The molecule has 0 bridgehead atoms. The van der Waals surface area contributed by atoms with Gasteiger partial charge in [0, 0.05) is 18.7 Å². The van der Waals surface area contributed by atoms with Crippen molar-refractivity contribution in [1.82, 2.24) is 25.2 Å². The van der Waals surface area contributed by atoms with Gasteiger partial charge in [-0.2, -0.15) is 0 Å². The number of aromatic nitrogens is 3. The normalized spacial score (nSPS) is 15.5. The summed E-state index contributed by atoms with van der Waals surface area (Å²) >= 11 is 0. The lowest BCUT2D eigenvalue weighted by Gasteiger charge is -2.32. The molecule has 1 N–H and O–H groups in total. The Kier molecular flexibility index (Phi) is 8.56. The van der Waals surface area contributed by atoms with Crippen LogP contribution in [0.2, 0.25) is 0 Å². The molecule has 1 fully saturated rings. The van der Waals surface area contributed by atoms with Crippen LogP contribution in [0, 0.1) is 0 Å². The SMILES string of the molecule is COc1ccc([C@@H](C(=O)NC[C@H]2CCCO2)N(Cc2ccccc2OC)C(=O)Cn2nnc3ccccc32)cc1. The van der Waals surface area contributed by atoms with Gasteiger partial charge in [0.25, 0.3) is 0 Å². The van der Waals surface area contributed by atoms with Gasteiger partial charge in [0.2, 0.25) is 11.8 Å². The molecule has 5 rings (SSSR count). The molecule has 2 heterocycles. The first kappa shape index (κ1) is 27.1. The first-order valence-electron chi connectivity index (χ1n) is 13.3. The van der Waals surface area contributed by atoms with E-state index in [9.17, 15) is 9.59 Å². The molecule has 4 aromatic rings. The van der Waals surface area contributed by atoms with Crippen LogP contribution in [0.1, 0.15) is 30.0 Å². The van der Waals surface area contributed by atoms with Gasteiger partial charge in [-0.15, -0.1) is 5.10 Å². The van der Waals surface area contributed by atoms with Crippen molar-refractivity contribution in [2.24, 2.45) is 0 Å². The molecule has 10 heteroatoms. The minimum absolute atomic E-state index is 0.0413. The smallest absolute Gasteiger partial charge is 0.247 e. The maximum absolute atomic E-state index is 14.1. The van der Waals surface area contributed by atoms with E-state index in [1.165, 1.54) is 0 Å². The van der Waals surface area contributed by atoms with E-state index in [1.807, 2.05) is 60.7 Å². The molecule has 2 amide bonds. The second kappa shape index (κ2) is 12.6. The Hall–Kier alpha value is -4.44. The van der Waals surface area contributed by atoms with E-state index in [-0.39, 0.29) is 31.0 Å². The highest BCUT2D eigenvalue weighted by molar-refractivity contribution is 5.89. The van der Waals surface area contributed by atoms with Crippen LogP contribution in [0.5, 0.6) is 11.5 Å². The molecule has 0 spiro atoms. The van der Waals surface area contributed by atoms with E-state index in [0.29, 0.717) is 35.7 Å². The Morgan fingerprint density at radius 3 is 2.58 bits per heavy atom. The van der Waals surface area contributed by atoms with Gasteiger partial charge in [0.05, 0.1) is 32.4 Å². The summed E-state index contributed by atoms with van der Waals surface area (Å²) in [5, 5.41) is 11.4. The fourth-order valence-electron chi connectivity index (χ4n) is 4.97. The lowest BCUT2D eigenvalue weighted by atomic mass is 10.0. The number of amides is 2. The Morgan fingerprint density at radius 1 is 1.05 bits per heavy atom. The van der Waals surface area contributed by atoms with Gasteiger partial charge in [-0.25, -0.2) is 4.68 Å². The summed E-state index contributed by atoms with van der Waals surface area (Å²) in [6, 6.07) is 21.2. The third-order valence-corrected chi connectivity index (χ3v) is 7.08. The maximum Gasteiger partial charge on any atom is 0.247 e. The van der Waals surface area contributed by atoms with Crippen molar-refractivity contribution in [2.75, 3.05) is 27.4 Å². The average Bonchev–Trinajstić information content (AvgIpc) is 3.67. The van der Waals surface area contributed by atoms with E-state index in [1.54, 1.807) is 35.9 Å². The van der Waals surface area contributed by atoms with Gasteiger partial charge >= 0.3 is 0 Å². The average molecular weight is 544 g/mol. The van der Waals surface area contributed by atoms with E-state index in [0.717, 1.165) is 23.9 Å². The Bertz CT molecular complexity index is 1450. The van der Waals surface area contributed by atoms with Crippen molar-refractivity contribution in [1.29, 1.82) is 0 Å². The van der Waals surface area contributed by atoms with Gasteiger partial charge in [-0.05, 0) is 48.7 Å². The number of methoxy groups -OCH3 is 2. The summed E-state index contributed by atoms with van der Waals surface area (Å²) in [4.78, 5) is 29.6. The van der Waals surface area contributed by atoms with Crippen LogP contribution in [-0.4, -0.2) is 65.2 Å². The van der Waals surface area contributed by atoms with E-state index in [4.69, 9.17) is 14.2 Å². The number of carbonyl (C=O) groups is 2. The van der Waals surface area contributed by atoms with Crippen LogP contribution in [0.4, 0.5) is 0 Å². The summed E-state index contributed by atoms with van der Waals surface area (Å²) in [6.45, 7) is 1.10. The predicted molar refractivity (Wildman–Crippen MR) is 149 cm³/mol. The summed E-state index contributed by atoms with van der Waals surface area (Å²) < 4.78 is 18.2. The molecule has 2 atom stereocenters. The summed E-state index contributed by atoms with van der Waals surface area (Å²) in [6.07, 6.45) is 1.81. The minimum Gasteiger partial charge on any atom is -0.497 e. The molecule has 0 unspecified atom stereocenters. The van der Waals surface area contributed by atoms with Gasteiger partial charge in [0.1, 0.15) is 29.6 Å². The molecule has 208 valence electrons. The number of hydrogen-bond donors (Lipinski definition) is 1. The van der Waals surface area contributed by atoms with Crippen molar-refractivity contribution in [3.63, 3.8) is 0 Å². The number of carbonyl (C=O) groups excluding carboxylic acids is 2. The number of benzene rings is 3. The lowest BCUT2D eigenvalue weighted by molar-refractivity contribution is -0.142. The van der Waals surface area contributed by atoms with Crippen molar-refractivity contribution < 1.29 is 23.8 Å². The van der Waals surface area contributed by atoms with Crippen molar-refractivity contribution >= 4 is 22.8 Å². The Labute approximate surface area is 232 Å². The van der Waals surface area contributed by atoms with Crippen LogP contribution < -0.4 is 14.8 Å². The Morgan fingerprint density at radius 2 is 1.82 bits per heavy atom. The monoisotopic (exact) mass is 543 g/mol. The summed E-state index contributed by atoms with van der Waals surface area (Å²) in [5.41, 5.74) is 2.84. The van der Waals surface area contributed by atoms with Gasteiger partial charge < -0.3 is 24.4 Å². The van der Waals surface area contributed by atoms with Crippen LogP contribution >= 0.6 is 0 Å². The van der Waals surface area contributed by atoms with Gasteiger partial charge in [0.15, 0.2) is 0 Å². The van der Waals surface area contributed by atoms with E-state index < -0.39 is 6.04 Å². The highest BCUT2D eigenvalue weighted by Crippen LogP contribution is 2.29. The molecule has 0 saturated carbocycles. The van der Waals surface area contributed by atoms with Crippen LogP contribution in [0.15, 0.2) is 72.8 Å². The zero-order chi connectivity index (χ0) is 27.9. The molecule has 40 heavy (non-hydrogen) atoms. The molecule has 1 aromatic heterocycles. The number of nitrogens with one attached hydrogen (secondary N) is 1. The van der Waals surface area contributed by atoms with Crippen molar-refractivity contribution in [3.05, 3.63) is 83.9 Å². The second-order valence-corrected chi connectivity index (χ2v) is 9.63. The highest BCUT2D eigenvalue weighted by atomic mass is 16.5.